The Bertz CT molecular complexity index is 1050. The van der Waals surface area contributed by atoms with Crippen molar-refractivity contribution in [2.45, 2.75) is 37.6 Å². The number of primary sulfonamides is 1. The molecule has 1 atom stereocenters. The fraction of sp³-hybridized carbons (Fsp3) is 0.500. The number of likely N-dealkylation sites (N-methyl/N-ethyl adjacent to an activating group) is 1. The zero-order chi connectivity index (χ0) is 23.3. The second-order valence-corrected chi connectivity index (χ2v) is 10.1. The molecule has 0 aromatic heterocycles. The number of hydrogen-bond acceptors (Lipinski definition) is 6. The summed E-state index contributed by atoms with van der Waals surface area (Å²) in [5, 5.41) is 5.60. The number of halogens is 1. The first-order valence-corrected chi connectivity index (χ1v) is 12.6. The third kappa shape index (κ3) is 6.99. The predicted octanol–water partition coefficient (Wildman–Crippen LogP) is 2.48. The lowest BCUT2D eigenvalue weighted by Crippen LogP contribution is -2.32. The van der Waals surface area contributed by atoms with Gasteiger partial charge >= 0.3 is 0 Å². The summed E-state index contributed by atoms with van der Waals surface area (Å²) in [6, 6.07) is 9.85. The van der Waals surface area contributed by atoms with Crippen LogP contribution in [0.2, 0.25) is 0 Å². The van der Waals surface area contributed by atoms with Crippen molar-refractivity contribution in [2.24, 2.45) is 10.9 Å². The Balaban J connectivity index is 0.00000385. The molecule has 1 heterocycles. The van der Waals surface area contributed by atoms with Gasteiger partial charge in [0.05, 0.1) is 31.3 Å². The van der Waals surface area contributed by atoms with Crippen LogP contribution in [0.25, 0.3) is 0 Å². The average molecular weight is 498 g/mol. The van der Waals surface area contributed by atoms with Crippen LogP contribution < -0.4 is 10.9 Å². The number of benzene rings is 2. The molecule has 0 bridgehead atoms. The molecule has 7 nitrogen and oxygen atoms in total. The summed E-state index contributed by atoms with van der Waals surface area (Å²) in [6.07, 6.45) is 0.458. The third-order valence-electron chi connectivity index (χ3n) is 5.93. The van der Waals surface area contributed by atoms with Gasteiger partial charge < -0.3 is 20.1 Å². The number of hydrogen-bond donors (Lipinski definition) is 2. The molecule has 33 heavy (non-hydrogen) atoms. The Morgan fingerprint density at radius 1 is 1.06 bits per heavy atom. The second-order valence-electron chi connectivity index (χ2n) is 8.53. The molecule has 1 aliphatic heterocycles. The maximum atomic E-state index is 12.4. The molecule has 0 fully saturated rings. The van der Waals surface area contributed by atoms with E-state index in [0.717, 1.165) is 24.2 Å². The molecule has 0 saturated carbocycles. The maximum Gasteiger partial charge on any atom is 0.238 e. The first-order valence-electron chi connectivity index (χ1n) is 11.0. The molecular formula is C24H36ClN3O4S. The molecule has 184 valence electrons. The van der Waals surface area contributed by atoms with Crippen molar-refractivity contribution in [3.05, 3.63) is 63.7 Å². The minimum atomic E-state index is -3.86. The molecule has 0 amide bonds. The van der Waals surface area contributed by atoms with Crippen LogP contribution >= 0.6 is 12.4 Å². The number of nitrogens with zero attached hydrogens (tertiary/aromatic N) is 1. The van der Waals surface area contributed by atoms with Gasteiger partial charge in [0, 0.05) is 25.6 Å². The summed E-state index contributed by atoms with van der Waals surface area (Å²) < 4.78 is 35.9. The smallest absolute Gasteiger partial charge is 0.238 e. The van der Waals surface area contributed by atoms with E-state index in [9.17, 15) is 8.42 Å². The molecule has 1 aliphatic rings. The van der Waals surface area contributed by atoms with Crippen LogP contribution in [0.15, 0.2) is 35.2 Å². The number of nitrogens with two attached hydrogens (primary N) is 2. The molecule has 2 aromatic carbocycles. The molecule has 0 spiro atoms. The average Bonchev–Trinajstić information content (AvgIpc) is 2.72. The first-order chi connectivity index (χ1) is 15.2. The molecule has 1 unspecified atom stereocenters. The van der Waals surface area contributed by atoms with E-state index < -0.39 is 10.0 Å². The van der Waals surface area contributed by atoms with Gasteiger partial charge in [-0.15, -0.1) is 12.4 Å². The van der Waals surface area contributed by atoms with Gasteiger partial charge in [-0.05, 0) is 61.2 Å². The lowest BCUT2D eigenvalue weighted by atomic mass is 9.80. The van der Waals surface area contributed by atoms with Crippen LogP contribution in [0.1, 0.15) is 39.3 Å². The highest BCUT2D eigenvalue weighted by atomic mass is 35.5. The monoisotopic (exact) mass is 497 g/mol. The Morgan fingerprint density at radius 2 is 1.76 bits per heavy atom. The molecular weight excluding hydrogens is 462 g/mol. The zero-order valence-corrected chi connectivity index (χ0v) is 21.3. The highest BCUT2D eigenvalue weighted by Gasteiger charge is 2.29. The van der Waals surface area contributed by atoms with E-state index in [4.69, 9.17) is 20.3 Å². The predicted molar refractivity (Wildman–Crippen MR) is 134 cm³/mol. The summed E-state index contributed by atoms with van der Waals surface area (Å²) in [6.45, 7) is 8.18. The molecule has 9 heteroatoms. The Hall–Kier alpha value is -1.52. The molecule has 0 aliphatic carbocycles. The van der Waals surface area contributed by atoms with Gasteiger partial charge in [-0.2, -0.15) is 0 Å². The molecule has 0 radical (unpaired) electrons. The second kappa shape index (κ2) is 12.3. The normalized spacial score (nSPS) is 16.3. The highest BCUT2D eigenvalue weighted by Crippen LogP contribution is 2.38. The topological polar surface area (TPSA) is 108 Å². The fourth-order valence-corrected chi connectivity index (χ4v) is 5.42. The molecule has 2 aromatic rings. The van der Waals surface area contributed by atoms with Gasteiger partial charge in [0.25, 0.3) is 0 Å². The zero-order valence-electron chi connectivity index (χ0n) is 19.7. The third-order valence-corrected chi connectivity index (χ3v) is 6.93. The van der Waals surface area contributed by atoms with Crippen molar-refractivity contribution in [3.8, 4) is 0 Å². The highest BCUT2D eigenvalue weighted by molar-refractivity contribution is 7.89. The van der Waals surface area contributed by atoms with Crippen molar-refractivity contribution in [1.82, 2.24) is 4.90 Å². The summed E-state index contributed by atoms with van der Waals surface area (Å²) in [7, 11) is -1.76. The van der Waals surface area contributed by atoms with Gasteiger partial charge in [-0.1, -0.05) is 29.8 Å². The van der Waals surface area contributed by atoms with Gasteiger partial charge in [0.15, 0.2) is 0 Å². The number of fused-ring (bicyclic) bond motifs is 1. The summed E-state index contributed by atoms with van der Waals surface area (Å²) in [5.41, 5.74) is 12.2. The van der Waals surface area contributed by atoms with Crippen molar-refractivity contribution in [1.29, 1.82) is 0 Å². The van der Waals surface area contributed by atoms with Crippen LogP contribution in [0.4, 0.5) is 0 Å². The minimum absolute atomic E-state index is 0. The van der Waals surface area contributed by atoms with Gasteiger partial charge in [-0.3, -0.25) is 0 Å². The number of rotatable bonds is 10. The van der Waals surface area contributed by atoms with Crippen LogP contribution in [0.3, 0.4) is 0 Å². The quantitative estimate of drug-likeness (QED) is 0.488. The first kappa shape index (κ1) is 27.7. The van der Waals surface area contributed by atoms with Crippen molar-refractivity contribution < 1.29 is 17.9 Å². The van der Waals surface area contributed by atoms with Crippen LogP contribution in [-0.4, -0.2) is 59.9 Å². The lowest BCUT2D eigenvalue weighted by molar-refractivity contribution is 0.0517. The number of sulfonamides is 1. The fourth-order valence-electron chi connectivity index (χ4n) is 4.59. The van der Waals surface area contributed by atoms with Crippen LogP contribution in [0.5, 0.6) is 0 Å². The van der Waals surface area contributed by atoms with E-state index in [1.165, 1.54) is 22.3 Å². The summed E-state index contributed by atoms with van der Waals surface area (Å²) in [4.78, 5) is 2.46. The van der Waals surface area contributed by atoms with E-state index in [1.807, 2.05) is 6.07 Å². The van der Waals surface area contributed by atoms with E-state index >= 15 is 0 Å². The minimum Gasteiger partial charge on any atom is -0.379 e. The Kier molecular flexibility index (Phi) is 10.3. The van der Waals surface area contributed by atoms with Crippen molar-refractivity contribution in [3.63, 3.8) is 0 Å². The van der Waals surface area contributed by atoms with Gasteiger partial charge in [-0.25, -0.2) is 13.6 Å². The van der Waals surface area contributed by atoms with Gasteiger partial charge in [0.2, 0.25) is 10.0 Å². The summed E-state index contributed by atoms with van der Waals surface area (Å²) >= 11 is 0. The van der Waals surface area contributed by atoms with E-state index in [2.05, 4.69) is 37.9 Å². The largest absolute Gasteiger partial charge is 0.379 e. The Labute approximate surface area is 203 Å². The summed E-state index contributed by atoms with van der Waals surface area (Å²) in [5.74, 6) is 0.0620. The van der Waals surface area contributed by atoms with Crippen LogP contribution in [0, 0.1) is 13.8 Å². The van der Waals surface area contributed by atoms with Crippen LogP contribution in [-0.2, 0) is 32.5 Å². The van der Waals surface area contributed by atoms with E-state index in [-0.39, 0.29) is 23.2 Å². The van der Waals surface area contributed by atoms with Gasteiger partial charge in [0.1, 0.15) is 0 Å². The molecule has 0 saturated heterocycles. The maximum absolute atomic E-state index is 12.4. The van der Waals surface area contributed by atoms with Crippen molar-refractivity contribution in [2.75, 3.05) is 46.6 Å². The van der Waals surface area contributed by atoms with E-state index in [1.54, 1.807) is 12.1 Å². The molecule has 3 rings (SSSR count). The molecule has 4 N–H and O–H groups in total. The number of aryl methyl sites for hydroxylation is 2. The van der Waals surface area contributed by atoms with Crippen molar-refractivity contribution >= 4 is 22.4 Å². The Morgan fingerprint density at radius 3 is 2.42 bits per heavy atom. The lowest BCUT2D eigenvalue weighted by Gasteiger charge is -2.35. The standard InChI is InChI=1S/C24H35N3O4S.ClH/c1-17-13-18(2)22-15-27(3)16-23(21(22)14-17)19-5-4-6-24(32(26,28)29)20(19)7-9-30-11-12-31-10-8-25;/h4-6,13-14,23H,7-12,15-16,25H2,1-3H3,(H2,26,28,29);1H. The SMILES string of the molecule is Cc1cc(C)c2c(c1)C(c1cccc(S(N)(=O)=O)c1CCOCCOCCN)CN(C)C2.Cl. The number of ether oxygens (including phenoxy) is 2. The van der Waals surface area contributed by atoms with E-state index in [0.29, 0.717) is 39.4 Å².